The number of H-pyrrole nitrogens is 1. The Labute approximate surface area is 198 Å². The van der Waals surface area contributed by atoms with E-state index in [1.807, 2.05) is 24.3 Å². The first-order valence-corrected chi connectivity index (χ1v) is 11.0. The number of methoxy groups -OCH3 is 3. The summed E-state index contributed by atoms with van der Waals surface area (Å²) in [6.07, 6.45) is 0. The van der Waals surface area contributed by atoms with E-state index >= 15 is 0 Å². The number of aryl methyl sites for hydroxylation is 1. The van der Waals surface area contributed by atoms with Gasteiger partial charge in [-0.25, -0.2) is 10.4 Å². The largest absolute Gasteiger partial charge is 0.493 e. The predicted octanol–water partition coefficient (Wildman–Crippen LogP) is 3.26. The SMILES string of the molecule is COc1cc(C(=O)N/N=C(\C)c2c(C)[nH]n(-c3nc4ccccc4s3)c2=O)cc(OC)c1OC. The first-order chi connectivity index (χ1) is 16.4. The molecule has 0 aliphatic rings. The summed E-state index contributed by atoms with van der Waals surface area (Å²) in [5.74, 6) is 0.554. The minimum Gasteiger partial charge on any atom is -0.493 e. The van der Waals surface area contributed by atoms with Crippen LogP contribution in [0.3, 0.4) is 0 Å². The molecule has 2 aromatic heterocycles. The van der Waals surface area contributed by atoms with E-state index in [4.69, 9.17) is 14.2 Å². The van der Waals surface area contributed by atoms with Gasteiger partial charge in [0.25, 0.3) is 11.5 Å². The number of nitrogens with zero attached hydrogens (tertiary/aromatic N) is 3. The Morgan fingerprint density at radius 2 is 1.79 bits per heavy atom. The normalized spacial score (nSPS) is 11.5. The number of benzene rings is 2. The molecular formula is C23H23N5O5S. The van der Waals surface area contributed by atoms with Gasteiger partial charge in [-0.1, -0.05) is 23.5 Å². The van der Waals surface area contributed by atoms with Crippen molar-refractivity contribution in [3.63, 3.8) is 0 Å². The van der Waals surface area contributed by atoms with E-state index in [9.17, 15) is 9.59 Å². The quantitative estimate of drug-likeness (QED) is 0.309. The lowest BCUT2D eigenvalue weighted by Crippen LogP contribution is -2.23. The molecule has 0 fully saturated rings. The van der Waals surface area contributed by atoms with E-state index in [2.05, 4.69) is 20.6 Å². The monoisotopic (exact) mass is 481 g/mol. The van der Waals surface area contributed by atoms with Crippen LogP contribution in [0.15, 0.2) is 46.3 Å². The summed E-state index contributed by atoms with van der Waals surface area (Å²) in [6, 6.07) is 10.7. The standard InChI is InChI=1S/C23H23N5O5S/c1-12(25-26-21(29)14-10-16(31-3)20(33-5)17(11-14)32-4)19-13(2)27-28(22(19)30)23-24-15-8-6-7-9-18(15)34-23/h6-11,27H,1-5H3,(H,26,29)/b25-12+. The number of hydrazone groups is 1. The summed E-state index contributed by atoms with van der Waals surface area (Å²) >= 11 is 1.40. The van der Waals surface area contributed by atoms with E-state index in [1.54, 1.807) is 13.8 Å². The highest BCUT2D eigenvalue weighted by molar-refractivity contribution is 7.20. The van der Waals surface area contributed by atoms with Gasteiger partial charge >= 0.3 is 0 Å². The molecule has 34 heavy (non-hydrogen) atoms. The van der Waals surface area contributed by atoms with Gasteiger partial charge in [-0.05, 0) is 38.1 Å². The van der Waals surface area contributed by atoms with Crippen molar-refractivity contribution in [3.8, 4) is 22.4 Å². The van der Waals surface area contributed by atoms with Gasteiger partial charge in [0.15, 0.2) is 11.5 Å². The molecule has 0 atom stereocenters. The Hall–Kier alpha value is -4.12. The lowest BCUT2D eigenvalue weighted by Gasteiger charge is -2.13. The zero-order chi connectivity index (χ0) is 24.4. The molecule has 4 rings (SSSR count). The zero-order valence-corrected chi connectivity index (χ0v) is 20.1. The van der Waals surface area contributed by atoms with Crippen molar-refractivity contribution in [1.29, 1.82) is 0 Å². The molecule has 10 nitrogen and oxygen atoms in total. The first-order valence-electron chi connectivity index (χ1n) is 10.2. The minimum atomic E-state index is -0.502. The molecule has 0 bridgehead atoms. The summed E-state index contributed by atoms with van der Waals surface area (Å²) in [5.41, 5.74) is 4.55. The Kier molecular flexibility index (Phi) is 6.37. The van der Waals surface area contributed by atoms with Crippen LogP contribution in [0, 0.1) is 6.92 Å². The van der Waals surface area contributed by atoms with Gasteiger partial charge in [0.2, 0.25) is 10.9 Å². The van der Waals surface area contributed by atoms with Gasteiger partial charge in [-0.2, -0.15) is 9.78 Å². The van der Waals surface area contributed by atoms with E-state index < -0.39 is 5.91 Å². The lowest BCUT2D eigenvalue weighted by molar-refractivity contribution is 0.0954. The number of thiazole rings is 1. The third kappa shape index (κ3) is 4.13. The van der Waals surface area contributed by atoms with E-state index in [0.29, 0.717) is 39.3 Å². The van der Waals surface area contributed by atoms with Gasteiger partial charge in [0.05, 0.1) is 42.8 Å². The maximum Gasteiger partial charge on any atom is 0.282 e. The zero-order valence-electron chi connectivity index (χ0n) is 19.3. The van der Waals surface area contributed by atoms with Crippen molar-refractivity contribution in [2.75, 3.05) is 21.3 Å². The topological polar surface area (TPSA) is 120 Å². The second-order valence-corrected chi connectivity index (χ2v) is 8.28. The molecule has 2 heterocycles. The number of para-hydroxylation sites is 1. The number of aromatic amines is 1. The van der Waals surface area contributed by atoms with E-state index in [-0.39, 0.29) is 11.1 Å². The Morgan fingerprint density at radius 3 is 2.41 bits per heavy atom. The molecule has 1 amide bonds. The van der Waals surface area contributed by atoms with Gasteiger partial charge in [-0.3, -0.25) is 14.7 Å². The number of fused-ring (bicyclic) bond motifs is 1. The van der Waals surface area contributed by atoms with Crippen molar-refractivity contribution in [2.24, 2.45) is 5.10 Å². The Bertz CT molecular complexity index is 1410. The highest BCUT2D eigenvalue weighted by Crippen LogP contribution is 2.38. The number of ether oxygens (including phenoxy) is 3. The summed E-state index contributed by atoms with van der Waals surface area (Å²) in [7, 11) is 4.41. The van der Waals surface area contributed by atoms with Crippen molar-refractivity contribution < 1.29 is 19.0 Å². The van der Waals surface area contributed by atoms with Gasteiger partial charge in [-0.15, -0.1) is 0 Å². The van der Waals surface area contributed by atoms with Crippen LogP contribution in [0.25, 0.3) is 15.3 Å². The molecular weight excluding hydrogens is 458 g/mol. The van der Waals surface area contributed by atoms with Crippen LogP contribution >= 0.6 is 11.3 Å². The molecule has 0 aliphatic heterocycles. The van der Waals surface area contributed by atoms with Crippen LogP contribution in [0.1, 0.15) is 28.5 Å². The fourth-order valence-electron chi connectivity index (χ4n) is 3.53. The molecule has 2 aromatic carbocycles. The van der Waals surface area contributed by atoms with Crippen molar-refractivity contribution in [1.82, 2.24) is 20.2 Å². The molecule has 176 valence electrons. The van der Waals surface area contributed by atoms with Crippen LogP contribution in [-0.4, -0.2) is 47.7 Å². The number of rotatable bonds is 7. The van der Waals surface area contributed by atoms with E-state index in [0.717, 1.165) is 10.2 Å². The fourth-order valence-corrected chi connectivity index (χ4v) is 4.46. The molecule has 11 heteroatoms. The molecule has 0 unspecified atom stereocenters. The summed E-state index contributed by atoms with van der Waals surface area (Å²) in [6.45, 7) is 3.41. The summed E-state index contributed by atoms with van der Waals surface area (Å²) in [5, 5.41) is 7.72. The van der Waals surface area contributed by atoms with Crippen LogP contribution in [0.2, 0.25) is 0 Å². The Morgan fingerprint density at radius 1 is 1.12 bits per heavy atom. The number of amides is 1. The lowest BCUT2D eigenvalue weighted by atomic mass is 10.1. The first kappa shape index (κ1) is 23.1. The van der Waals surface area contributed by atoms with Crippen molar-refractivity contribution in [2.45, 2.75) is 13.8 Å². The minimum absolute atomic E-state index is 0.253. The molecule has 0 saturated carbocycles. The van der Waals surface area contributed by atoms with Crippen molar-refractivity contribution >= 4 is 33.2 Å². The summed E-state index contributed by atoms with van der Waals surface area (Å²) < 4.78 is 18.2. The molecule has 0 saturated heterocycles. The van der Waals surface area contributed by atoms with Gasteiger partial charge < -0.3 is 14.2 Å². The number of nitrogens with one attached hydrogen (secondary N) is 2. The van der Waals surface area contributed by atoms with Crippen LogP contribution in [-0.2, 0) is 0 Å². The van der Waals surface area contributed by atoms with Crippen LogP contribution < -0.4 is 25.2 Å². The number of carbonyl (C=O) groups is 1. The molecule has 0 spiro atoms. The third-order valence-corrected chi connectivity index (χ3v) is 6.18. The maximum absolute atomic E-state index is 13.1. The van der Waals surface area contributed by atoms with E-state index in [1.165, 1.54) is 49.5 Å². The second-order valence-electron chi connectivity index (χ2n) is 7.27. The third-order valence-electron chi connectivity index (χ3n) is 5.16. The second kappa shape index (κ2) is 9.40. The molecule has 2 N–H and O–H groups in total. The van der Waals surface area contributed by atoms with Crippen LogP contribution in [0.4, 0.5) is 0 Å². The predicted molar refractivity (Wildman–Crippen MR) is 130 cm³/mol. The maximum atomic E-state index is 13.1. The van der Waals surface area contributed by atoms with Gasteiger partial charge in [0.1, 0.15) is 0 Å². The van der Waals surface area contributed by atoms with Crippen LogP contribution in [0.5, 0.6) is 17.2 Å². The molecule has 4 aromatic rings. The Balaban J connectivity index is 1.62. The highest BCUT2D eigenvalue weighted by atomic mass is 32.1. The van der Waals surface area contributed by atoms with Gasteiger partial charge in [0, 0.05) is 11.3 Å². The summed E-state index contributed by atoms with van der Waals surface area (Å²) in [4.78, 5) is 30.4. The molecule has 0 radical (unpaired) electrons. The average Bonchev–Trinajstić information content (AvgIpc) is 3.41. The smallest absolute Gasteiger partial charge is 0.282 e. The number of aromatic nitrogens is 3. The number of carbonyl (C=O) groups excluding carboxylic acids is 1. The molecule has 0 aliphatic carbocycles. The number of hydrogen-bond acceptors (Lipinski definition) is 8. The highest BCUT2D eigenvalue weighted by Gasteiger charge is 2.19. The fraction of sp³-hybridized carbons (Fsp3) is 0.217. The number of hydrogen-bond donors (Lipinski definition) is 2. The van der Waals surface area contributed by atoms with Crippen molar-refractivity contribution in [3.05, 3.63) is 63.6 Å². The average molecular weight is 482 g/mol.